The molecule has 0 bridgehead atoms. The maximum absolute atomic E-state index is 12.1. The topological polar surface area (TPSA) is 98.0 Å². The van der Waals surface area contributed by atoms with E-state index in [2.05, 4.69) is 15.6 Å². The number of aryl methyl sites for hydroxylation is 1. The highest BCUT2D eigenvalue weighted by molar-refractivity contribution is 6.32. The van der Waals surface area contributed by atoms with Crippen LogP contribution in [0, 0.1) is 18.3 Å². The van der Waals surface area contributed by atoms with Gasteiger partial charge in [-0.05, 0) is 42.8 Å². The first kappa shape index (κ1) is 16.3. The highest BCUT2D eigenvalue weighted by Crippen LogP contribution is 2.21. The molecular formula is C16H13ClN4O2. The molecule has 0 unspecified atom stereocenters. The number of carbonyl (C=O) groups is 1. The summed E-state index contributed by atoms with van der Waals surface area (Å²) >= 11 is 5.89. The Morgan fingerprint density at radius 2 is 2.17 bits per heavy atom. The normalized spacial score (nSPS) is 10.7. The molecule has 0 radical (unpaired) electrons. The van der Waals surface area contributed by atoms with E-state index in [1.54, 1.807) is 25.1 Å². The number of pyridine rings is 1. The lowest BCUT2D eigenvalue weighted by Gasteiger charge is -2.08. The summed E-state index contributed by atoms with van der Waals surface area (Å²) in [5, 5.41) is 24.1. The number of nitrogens with one attached hydrogen (secondary N) is 2. The summed E-state index contributed by atoms with van der Waals surface area (Å²) in [5.74, 6) is -0.474. The molecule has 0 saturated carbocycles. The molecule has 0 saturated heterocycles. The highest BCUT2D eigenvalue weighted by Gasteiger charge is 2.11. The second kappa shape index (κ2) is 7.29. The Balaban J connectivity index is 2.14. The van der Waals surface area contributed by atoms with Crippen molar-refractivity contribution in [3.63, 3.8) is 0 Å². The molecule has 23 heavy (non-hydrogen) atoms. The summed E-state index contributed by atoms with van der Waals surface area (Å²) in [6.45, 7) is 1.73. The van der Waals surface area contributed by atoms with Crippen molar-refractivity contribution in [3.05, 3.63) is 59.0 Å². The van der Waals surface area contributed by atoms with Crippen LogP contribution in [0.15, 0.2) is 48.3 Å². The number of anilines is 2. The lowest BCUT2D eigenvalue weighted by atomic mass is 10.2. The van der Waals surface area contributed by atoms with Crippen LogP contribution in [-0.4, -0.2) is 16.0 Å². The smallest absolute Gasteiger partial charge is 0.267 e. The predicted octanol–water partition coefficient (Wildman–Crippen LogP) is 3.21. The van der Waals surface area contributed by atoms with Crippen LogP contribution >= 0.6 is 11.6 Å². The zero-order chi connectivity index (χ0) is 16.8. The minimum absolute atomic E-state index is 0.101. The zero-order valence-corrected chi connectivity index (χ0v) is 12.9. The van der Waals surface area contributed by atoms with Crippen molar-refractivity contribution in [2.75, 3.05) is 10.6 Å². The summed E-state index contributed by atoms with van der Waals surface area (Å²) in [6, 6.07) is 9.68. The van der Waals surface area contributed by atoms with Crippen molar-refractivity contribution in [1.29, 1.82) is 5.26 Å². The molecule has 1 heterocycles. The lowest BCUT2D eigenvalue weighted by Crippen LogP contribution is -2.15. The number of phenols is 1. The van der Waals surface area contributed by atoms with Gasteiger partial charge in [0.1, 0.15) is 17.4 Å². The van der Waals surface area contributed by atoms with Gasteiger partial charge in [0.15, 0.2) is 5.15 Å². The molecule has 0 spiro atoms. The van der Waals surface area contributed by atoms with Gasteiger partial charge in [0.2, 0.25) is 0 Å². The Morgan fingerprint density at radius 3 is 2.83 bits per heavy atom. The number of nitrogens with zero attached hydrogens (tertiary/aromatic N) is 2. The van der Waals surface area contributed by atoms with Gasteiger partial charge in [0.05, 0.1) is 5.69 Å². The number of benzene rings is 1. The third-order valence-corrected chi connectivity index (χ3v) is 3.26. The Kier molecular flexibility index (Phi) is 5.18. The Hall–Kier alpha value is -3.04. The predicted molar refractivity (Wildman–Crippen MR) is 88.0 cm³/mol. The molecule has 1 aromatic heterocycles. The first-order chi connectivity index (χ1) is 11.0. The molecular weight excluding hydrogens is 316 g/mol. The van der Waals surface area contributed by atoms with Gasteiger partial charge in [0.25, 0.3) is 5.91 Å². The van der Waals surface area contributed by atoms with E-state index in [0.29, 0.717) is 16.9 Å². The number of carbonyl (C=O) groups excluding carboxylic acids is 1. The fraction of sp³-hybridized carbons (Fsp3) is 0.0625. The number of rotatable bonds is 4. The van der Waals surface area contributed by atoms with Crippen LogP contribution in [0.4, 0.5) is 11.4 Å². The van der Waals surface area contributed by atoms with E-state index in [4.69, 9.17) is 16.9 Å². The van der Waals surface area contributed by atoms with E-state index in [1.807, 2.05) is 6.07 Å². The van der Waals surface area contributed by atoms with Crippen LogP contribution in [0.5, 0.6) is 5.75 Å². The van der Waals surface area contributed by atoms with Gasteiger partial charge in [-0.1, -0.05) is 11.6 Å². The molecule has 0 fully saturated rings. The van der Waals surface area contributed by atoms with Crippen LogP contribution in [0.1, 0.15) is 5.56 Å². The molecule has 2 aromatic rings. The average molecular weight is 329 g/mol. The van der Waals surface area contributed by atoms with Crippen LogP contribution < -0.4 is 10.6 Å². The van der Waals surface area contributed by atoms with Crippen LogP contribution in [0.2, 0.25) is 5.15 Å². The van der Waals surface area contributed by atoms with Crippen molar-refractivity contribution in [3.8, 4) is 11.8 Å². The molecule has 6 nitrogen and oxygen atoms in total. The highest BCUT2D eigenvalue weighted by atomic mass is 35.5. The zero-order valence-electron chi connectivity index (χ0n) is 12.2. The van der Waals surface area contributed by atoms with Gasteiger partial charge < -0.3 is 15.7 Å². The van der Waals surface area contributed by atoms with Crippen LogP contribution in [0.25, 0.3) is 0 Å². The average Bonchev–Trinajstić information content (AvgIpc) is 2.52. The van der Waals surface area contributed by atoms with Crippen molar-refractivity contribution in [2.45, 2.75) is 6.92 Å². The molecule has 116 valence electrons. The number of aromatic hydroxyl groups is 1. The molecule has 1 amide bonds. The quantitative estimate of drug-likeness (QED) is 0.346. The van der Waals surface area contributed by atoms with Crippen molar-refractivity contribution in [2.24, 2.45) is 0 Å². The number of phenolic OH excluding ortho intramolecular Hbond substituents is 1. The van der Waals surface area contributed by atoms with E-state index in [1.165, 1.54) is 24.5 Å². The molecule has 0 atom stereocenters. The maximum atomic E-state index is 12.1. The molecule has 2 rings (SSSR count). The molecule has 0 aliphatic rings. The van der Waals surface area contributed by atoms with E-state index in [-0.39, 0.29) is 16.5 Å². The third kappa shape index (κ3) is 4.22. The summed E-state index contributed by atoms with van der Waals surface area (Å²) in [5.41, 5.74) is 1.54. The van der Waals surface area contributed by atoms with Gasteiger partial charge in [-0.3, -0.25) is 4.79 Å². The first-order valence-corrected chi connectivity index (χ1v) is 6.97. The lowest BCUT2D eigenvalue weighted by molar-refractivity contribution is -0.112. The monoisotopic (exact) mass is 328 g/mol. The number of aromatic nitrogens is 1. The summed E-state index contributed by atoms with van der Waals surface area (Å²) in [4.78, 5) is 16.0. The Labute approximate surface area is 138 Å². The number of hydrogen-bond donors (Lipinski definition) is 3. The number of hydrogen-bond acceptors (Lipinski definition) is 5. The van der Waals surface area contributed by atoms with Crippen LogP contribution in [-0.2, 0) is 4.79 Å². The van der Waals surface area contributed by atoms with E-state index in [9.17, 15) is 9.90 Å². The molecule has 0 aliphatic carbocycles. The van der Waals surface area contributed by atoms with E-state index < -0.39 is 5.91 Å². The van der Waals surface area contributed by atoms with Gasteiger partial charge in [0, 0.05) is 18.1 Å². The van der Waals surface area contributed by atoms with Crippen molar-refractivity contribution < 1.29 is 9.90 Å². The fourth-order valence-electron chi connectivity index (χ4n) is 1.77. The van der Waals surface area contributed by atoms with Gasteiger partial charge >= 0.3 is 0 Å². The van der Waals surface area contributed by atoms with E-state index in [0.717, 1.165) is 0 Å². The van der Waals surface area contributed by atoms with Crippen molar-refractivity contribution in [1.82, 2.24) is 4.98 Å². The fourth-order valence-corrected chi connectivity index (χ4v) is 1.94. The number of amides is 1. The largest absolute Gasteiger partial charge is 0.508 e. The third-order valence-electron chi connectivity index (χ3n) is 2.95. The maximum Gasteiger partial charge on any atom is 0.267 e. The van der Waals surface area contributed by atoms with Crippen LogP contribution in [0.3, 0.4) is 0 Å². The SMILES string of the molecule is Cc1cc(O)ccc1NC(=O)/C(C#N)=C\Nc1cccnc1Cl. The van der Waals surface area contributed by atoms with Gasteiger partial charge in [-0.25, -0.2) is 4.98 Å². The molecule has 7 heteroatoms. The molecule has 3 N–H and O–H groups in total. The molecule has 1 aromatic carbocycles. The first-order valence-electron chi connectivity index (χ1n) is 6.59. The Bertz CT molecular complexity index is 812. The molecule has 0 aliphatic heterocycles. The summed E-state index contributed by atoms with van der Waals surface area (Å²) in [7, 11) is 0. The Morgan fingerprint density at radius 1 is 1.39 bits per heavy atom. The summed E-state index contributed by atoms with van der Waals surface area (Å²) < 4.78 is 0. The summed E-state index contributed by atoms with van der Waals surface area (Å²) in [6.07, 6.45) is 2.79. The number of halogens is 1. The van der Waals surface area contributed by atoms with E-state index >= 15 is 0 Å². The minimum Gasteiger partial charge on any atom is -0.508 e. The van der Waals surface area contributed by atoms with Crippen molar-refractivity contribution >= 4 is 28.9 Å². The second-order valence-electron chi connectivity index (χ2n) is 4.61. The second-order valence-corrected chi connectivity index (χ2v) is 4.97. The van der Waals surface area contributed by atoms with Gasteiger partial charge in [-0.2, -0.15) is 5.26 Å². The standard InChI is InChI=1S/C16H13ClN4O2/c1-10-7-12(22)4-5-13(10)21-16(23)11(8-18)9-20-14-3-2-6-19-15(14)17/h2-7,9,20,22H,1H3,(H,21,23)/b11-9-. The van der Waals surface area contributed by atoms with Gasteiger partial charge in [-0.15, -0.1) is 0 Å². The number of nitriles is 1. The minimum atomic E-state index is -0.575.